The van der Waals surface area contributed by atoms with E-state index in [2.05, 4.69) is 15.6 Å². The van der Waals surface area contributed by atoms with Crippen LogP contribution >= 0.6 is 11.6 Å². The van der Waals surface area contributed by atoms with Crippen LogP contribution in [0.4, 0.5) is 26.1 Å². The fourth-order valence-corrected chi connectivity index (χ4v) is 4.96. The molecule has 0 aliphatic carbocycles. The Labute approximate surface area is 261 Å². The van der Waals surface area contributed by atoms with Crippen molar-refractivity contribution in [2.75, 3.05) is 31.0 Å². The number of nitrogens with one attached hydrogen (secondary N) is 2. The van der Waals surface area contributed by atoms with Gasteiger partial charge in [0, 0.05) is 36.4 Å². The van der Waals surface area contributed by atoms with Gasteiger partial charge in [-0.2, -0.15) is 5.10 Å². The molecule has 0 spiro atoms. The van der Waals surface area contributed by atoms with Crippen LogP contribution < -0.4 is 15.4 Å². The molecule has 6 rings (SSSR count). The second kappa shape index (κ2) is 13.1. The Morgan fingerprint density at radius 1 is 0.933 bits per heavy atom. The summed E-state index contributed by atoms with van der Waals surface area (Å²) in [6, 6.07) is 22.8. The summed E-state index contributed by atoms with van der Waals surface area (Å²) >= 11 is 6.41. The topological polar surface area (TPSA) is 103 Å². The third-order valence-corrected chi connectivity index (χ3v) is 7.06. The molecule has 0 fully saturated rings. The van der Waals surface area contributed by atoms with Crippen LogP contribution in [0.1, 0.15) is 10.4 Å². The van der Waals surface area contributed by atoms with Crippen molar-refractivity contribution in [1.82, 2.24) is 19.6 Å². The van der Waals surface area contributed by atoms with E-state index in [1.54, 1.807) is 60.3 Å². The van der Waals surface area contributed by atoms with Gasteiger partial charge in [-0.05, 0) is 60.7 Å². The minimum atomic E-state index is -0.951. The SMILES string of the molecule is COCCOc1ccc(Nc2nccc(-c3c(-c4cccc(NC(=O)c5c(F)cccc5F)c4)nn4ccccc34)n2)cc1Cl. The van der Waals surface area contributed by atoms with Gasteiger partial charge in [-0.15, -0.1) is 0 Å². The lowest BCUT2D eigenvalue weighted by atomic mass is 10.0. The maximum absolute atomic E-state index is 14.2. The Hall–Kier alpha value is -5.39. The molecule has 0 saturated carbocycles. The van der Waals surface area contributed by atoms with Crippen molar-refractivity contribution in [3.05, 3.63) is 120 Å². The predicted molar refractivity (Wildman–Crippen MR) is 168 cm³/mol. The van der Waals surface area contributed by atoms with E-state index in [0.717, 1.165) is 17.6 Å². The molecule has 45 heavy (non-hydrogen) atoms. The second-order valence-electron chi connectivity index (χ2n) is 9.76. The number of ether oxygens (including phenoxy) is 2. The molecule has 0 aliphatic rings. The Kier molecular flexibility index (Phi) is 8.63. The van der Waals surface area contributed by atoms with Crippen LogP contribution in [0.25, 0.3) is 28.0 Å². The van der Waals surface area contributed by atoms with E-state index in [9.17, 15) is 13.6 Å². The van der Waals surface area contributed by atoms with Crippen molar-refractivity contribution in [3.63, 3.8) is 0 Å². The first-order valence-electron chi connectivity index (χ1n) is 13.8. The van der Waals surface area contributed by atoms with Gasteiger partial charge in [0.1, 0.15) is 35.2 Å². The molecule has 12 heteroatoms. The quantitative estimate of drug-likeness (QED) is 0.153. The van der Waals surface area contributed by atoms with Crippen molar-refractivity contribution >= 4 is 40.3 Å². The van der Waals surface area contributed by atoms with Crippen LogP contribution in [-0.2, 0) is 4.74 Å². The van der Waals surface area contributed by atoms with Gasteiger partial charge < -0.3 is 20.1 Å². The van der Waals surface area contributed by atoms with Gasteiger partial charge >= 0.3 is 0 Å². The first kappa shape index (κ1) is 29.7. The molecule has 1 amide bonds. The molecule has 0 aliphatic heterocycles. The Morgan fingerprint density at radius 3 is 2.56 bits per heavy atom. The zero-order chi connectivity index (χ0) is 31.3. The summed E-state index contributed by atoms with van der Waals surface area (Å²) in [4.78, 5) is 21.9. The number of anilines is 3. The van der Waals surface area contributed by atoms with Gasteiger partial charge in [-0.25, -0.2) is 23.3 Å². The molecule has 0 radical (unpaired) electrons. The molecular weight excluding hydrogens is 602 g/mol. The number of rotatable bonds is 10. The molecule has 0 saturated heterocycles. The van der Waals surface area contributed by atoms with E-state index in [4.69, 9.17) is 31.2 Å². The van der Waals surface area contributed by atoms with Crippen molar-refractivity contribution in [2.24, 2.45) is 0 Å². The predicted octanol–water partition coefficient (Wildman–Crippen LogP) is 7.41. The highest BCUT2D eigenvalue weighted by Gasteiger charge is 2.20. The number of hydrogen-bond donors (Lipinski definition) is 2. The standard InChI is InChI=1S/C33H25ClF2N6O3/c1-44-16-17-45-28-12-11-22(19-23(28)34)39-33-37-14-13-26(40-33)30-27-10-2-3-15-42(27)41-31(30)20-6-4-7-21(18-20)38-32(43)29-24(35)8-5-9-25(29)36/h2-15,18-19H,16-17H2,1H3,(H,38,43)(H,37,39,40). The van der Waals surface area contributed by atoms with Gasteiger partial charge in [0.05, 0.1) is 28.4 Å². The molecule has 226 valence electrons. The molecule has 0 atom stereocenters. The fraction of sp³-hybridized carbons (Fsp3) is 0.0909. The van der Waals surface area contributed by atoms with Gasteiger partial charge in [0.2, 0.25) is 5.95 Å². The summed E-state index contributed by atoms with van der Waals surface area (Å²) in [6.45, 7) is 0.810. The summed E-state index contributed by atoms with van der Waals surface area (Å²) in [5, 5.41) is 11.0. The number of amides is 1. The van der Waals surface area contributed by atoms with Gasteiger partial charge in [-0.1, -0.05) is 35.9 Å². The number of carbonyl (C=O) groups excluding carboxylic acids is 1. The van der Waals surface area contributed by atoms with E-state index in [1.165, 1.54) is 6.07 Å². The molecule has 3 heterocycles. The van der Waals surface area contributed by atoms with Gasteiger partial charge in [0.25, 0.3) is 5.91 Å². The summed E-state index contributed by atoms with van der Waals surface area (Å²) in [7, 11) is 1.60. The zero-order valence-corrected chi connectivity index (χ0v) is 24.6. The average molecular weight is 627 g/mol. The molecule has 6 aromatic rings. The van der Waals surface area contributed by atoms with Crippen molar-refractivity contribution in [2.45, 2.75) is 0 Å². The van der Waals surface area contributed by atoms with Crippen LogP contribution in [-0.4, -0.2) is 45.8 Å². The number of nitrogens with zero attached hydrogens (tertiary/aromatic N) is 4. The highest BCUT2D eigenvalue weighted by Crippen LogP contribution is 2.36. The van der Waals surface area contributed by atoms with Crippen molar-refractivity contribution < 1.29 is 23.0 Å². The lowest BCUT2D eigenvalue weighted by Gasteiger charge is -2.11. The maximum atomic E-state index is 14.2. The number of benzene rings is 3. The van der Waals surface area contributed by atoms with E-state index in [0.29, 0.717) is 63.8 Å². The number of halogens is 3. The van der Waals surface area contributed by atoms with E-state index in [1.807, 2.05) is 30.5 Å². The van der Waals surface area contributed by atoms with E-state index < -0.39 is 23.1 Å². The third-order valence-electron chi connectivity index (χ3n) is 6.77. The summed E-state index contributed by atoms with van der Waals surface area (Å²) in [6.07, 6.45) is 3.44. The van der Waals surface area contributed by atoms with Crippen LogP contribution in [0.2, 0.25) is 5.02 Å². The minimum Gasteiger partial charge on any atom is -0.490 e. The van der Waals surface area contributed by atoms with E-state index >= 15 is 0 Å². The smallest absolute Gasteiger partial charge is 0.261 e. The zero-order valence-electron chi connectivity index (χ0n) is 23.8. The molecule has 3 aromatic heterocycles. The van der Waals surface area contributed by atoms with Crippen LogP contribution in [0, 0.1) is 11.6 Å². The number of aromatic nitrogens is 4. The number of carbonyl (C=O) groups is 1. The number of pyridine rings is 1. The minimum absolute atomic E-state index is 0.325. The van der Waals surface area contributed by atoms with Crippen LogP contribution in [0.15, 0.2) is 97.3 Å². The molecule has 2 N–H and O–H groups in total. The van der Waals surface area contributed by atoms with Gasteiger partial charge in [0.15, 0.2) is 0 Å². The number of fused-ring (bicyclic) bond motifs is 1. The van der Waals surface area contributed by atoms with Gasteiger partial charge in [-0.3, -0.25) is 4.79 Å². The summed E-state index contributed by atoms with van der Waals surface area (Å²) in [5.74, 6) is -1.95. The summed E-state index contributed by atoms with van der Waals surface area (Å²) < 4.78 is 40.8. The van der Waals surface area contributed by atoms with Crippen LogP contribution in [0.5, 0.6) is 5.75 Å². The van der Waals surface area contributed by atoms with Crippen molar-refractivity contribution in [1.29, 1.82) is 0 Å². The monoisotopic (exact) mass is 626 g/mol. The summed E-state index contributed by atoms with van der Waals surface area (Å²) in [5.41, 5.74) is 3.61. The largest absolute Gasteiger partial charge is 0.490 e. The molecule has 9 nitrogen and oxygen atoms in total. The highest BCUT2D eigenvalue weighted by atomic mass is 35.5. The average Bonchev–Trinajstić information content (AvgIpc) is 3.42. The first-order valence-corrected chi connectivity index (χ1v) is 14.1. The molecule has 3 aromatic carbocycles. The van der Waals surface area contributed by atoms with E-state index in [-0.39, 0.29) is 0 Å². The maximum Gasteiger partial charge on any atom is 0.261 e. The second-order valence-corrected chi connectivity index (χ2v) is 10.2. The number of methoxy groups -OCH3 is 1. The molecule has 0 unspecified atom stereocenters. The molecule has 0 bridgehead atoms. The molecular formula is C33H25ClF2N6O3. The Morgan fingerprint density at radius 2 is 1.76 bits per heavy atom. The Bertz CT molecular complexity index is 2000. The Balaban J connectivity index is 1.32. The van der Waals surface area contributed by atoms with Crippen molar-refractivity contribution in [3.8, 4) is 28.3 Å². The third kappa shape index (κ3) is 6.44. The lowest BCUT2D eigenvalue weighted by molar-refractivity contribution is 0.101. The first-order chi connectivity index (χ1) is 21.9. The normalized spacial score (nSPS) is 11.0. The van der Waals surface area contributed by atoms with Crippen LogP contribution in [0.3, 0.4) is 0 Å². The highest BCUT2D eigenvalue weighted by molar-refractivity contribution is 6.32. The number of hydrogen-bond acceptors (Lipinski definition) is 7. The fourth-order valence-electron chi connectivity index (χ4n) is 4.72. The lowest BCUT2D eigenvalue weighted by Crippen LogP contribution is -2.15.